The molecule has 2 heterocycles. The summed E-state index contributed by atoms with van der Waals surface area (Å²) in [6, 6.07) is 8.01. The van der Waals surface area contributed by atoms with E-state index >= 15 is 0 Å². The molecule has 1 N–H and O–H groups in total. The van der Waals surface area contributed by atoms with Crippen molar-refractivity contribution in [1.29, 1.82) is 0 Å². The van der Waals surface area contributed by atoms with Gasteiger partial charge < -0.3 is 14.6 Å². The largest absolute Gasteiger partial charge is 0.378 e. The lowest BCUT2D eigenvalue weighted by Crippen LogP contribution is -2.35. The van der Waals surface area contributed by atoms with Crippen LogP contribution < -0.4 is 5.32 Å². The second-order valence-corrected chi connectivity index (χ2v) is 5.30. The monoisotopic (exact) mass is 357 g/mol. The lowest BCUT2D eigenvalue weighted by Gasteiger charge is -2.20. The Morgan fingerprint density at radius 3 is 3.11 bits per heavy atom. The van der Waals surface area contributed by atoms with Gasteiger partial charge in [-0.15, -0.1) is 0 Å². The summed E-state index contributed by atoms with van der Waals surface area (Å²) in [5.74, 6) is 1.21. The van der Waals surface area contributed by atoms with E-state index in [0.717, 1.165) is 22.3 Å². The summed E-state index contributed by atoms with van der Waals surface area (Å²) >= 11 is 2.26. The molecule has 1 aliphatic rings. The number of morpholine rings is 1. The first-order chi connectivity index (χ1) is 8.83. The first-order valence-corrected chi connectivity index (χ1v) is 6.81. The van der Waals surface area contributed by atoms with Crippen LogP contribution in [0.25, 0.3) is 11.5 Å². The molecule has 6 heteroatoms. The molecule has 0 spiro atoms. The fourth-order valence-corrected chi connectivity index (χ4v) is 2.39. The highest BCUT2D eigenvalue weighted by atomic mass is 127. The molecule has 1 unspecified atom stereocenters. The summed E-state index contributed by atoms with van der Waals surface area (Å²) in [5, 5.41) is 7.31. The van der Waals surface area contributed by atoms with Gasteiger partial charge in [0, 0.05) is 15.7 Å². The number of hydrogen-bond donors (Lipinski definition) is 1. The van der Waals surface area contributed by atoms with Crippen LogP contribution in [0.5, 0.6) is 0 Å². The van der Waals surface area contributed by atoms with Gasteiger partial charge in [0.15, 0.2) is 5.82 Å². The van der Waals surface area contributed by atoms with Gasteiger partial charge in [-0.05, 0) is 40.8 Å². The molecule has 0 saturated carbocycles. The molecule has 3 rings (SSSR count). The smallest absolute Gasteiger partial charge is 0.258 e. The topological polar surface area (TPSA) is 60.2 Å². The second-order valence-electron chi connectivity index (χ2n) is 4.05. The van der Waals surface area contributed by atoms with Gasteiger partial charge in [-0.3, -0.25) is 0 Å². The van der Waals surface area contributed by atoms with Crippen LogP contribution in [-0.4, -0.2) is 29.9 Å². The normalized spacial score (nSPS) is 19.9. The summed E-state index contributed by atoms with van der Waals surface area (Å²) < 4.78 is 11.8. The molecule has 0 bridgehead atoms. The van der Waals surface area contributed by atoms with Crippen molar-refractivity contribution in [1.82, 2.24) is 15.5 Å². The third kappa shape index (κ3) is 2.55. The number of rotatable bonds is 2. The van der Waals surface area contributed by atoms with Gasteiger partial charge in [-0.1, -0.05) is 11.2 Å². The van der Waals surface area contributed by atoms with Crippen LogP contribution in [0.4, 0.5) is 0 Å². The average molecular weight is 357 g/mol. The Balaban J connectivity index is 1.84. The highest BCUT2D eigenvalue weighted by Gasteiger charge is 2.21. The van der Waals surface area contributed by atoms with E-state index in [1.54, 1.807) is 0 Å². The first kappa shape index (κ1) is 12.1. The van der Waals surface area contributed by atoms with Gasteiger partial charge in [-0.2, -0.15) is 4.98 Å². The van der Waals surface area contributed by atoms with Gasteiger partial charge in [0.05, 0.1) is 19.3 Å². The zero-order chi connectivity index (χ0) is 12.4. The third-order valence-electron chi connectivity index (χ3n) is 2.75. The Morgan fingerprint density at radius 1 is 1.39 bits per heavy atom. The number of nitrogens with zero attached hydrogens (tertiary/aromatic N) is 2. The first-order valence-electron chi connectivity index (χ1n) is 5.73. The molecule has 5 nitrogen and oxygen atoms in total. The van der Waals surface area contributed by atoms with Crippen LogP contribution in [0.15, 0.2) is 28.8 Å². The number of nitrogens with one attached hydrogen (secondary N) is 1. The average Bonchev–Trinajstić information content (AvgIpc) is 2.89. The maximum atomic E-state index is 5.39. The Hall–Kier alpha value is -0.990. The molecule has 1 atom stereocenters. The van der Waals surface area contributed by atoms with Crippen molar-refractivity contribution in [2.45, 2.75) is 6.04 Å². The summed E-state index contributed by atoms with van der Waals surface area (Å²) in [5.41, 5.74) is 0.942. The summed E-state index contributed by atoms with van der Waals surface area (Å²) in [7, 11) is 0. The van der Waals surface area contributed by atoms with Crippen LogP contribution in [0.3, 0.4) is 0 Å². The van der Waals surface area contributed by atoms with Gasteiger partial charge in [-0.25, -0.2) is 0 Å². The zero-order valence-electron chi connectivity index (χ0n) is 9.60. The van der Waals surface area contributed by atoms with Crippen LogP contribution in [-0.2, 0) is 4.74 Å². The molecule has 1 aromatic carbocycles. The van der Waals surface area contributed by atoms with Crippen LogP contribution in [0, 0.1) is 3.57 Å². The Morgan fingerprint density at radius 2 is 2.33 bits per heavy atom. The number of ether oxygens (including phenoxy) is 1. The number of halogens is 1. The summed E-state index contributed by atoms with van der Waals surface area (Å²) in [6.45, 7) is 2.14. The summed E-state index contributed by atoms with van der Waals surface area (Å²) in [6.07, 6.45) is 0. The van der Waals surface area contributed by atoms with E-state index < -0.39 is 0 Å². The standard InChI is InChI=1S/C12H12IN3O2/c13-9-3-1-2-8(6-9)12-15-11(16-18-12)10-7-17-5-4-14-10/h1-3,6,10,14H,4-5,7H2. The van der Waals surface area contributed by atoms with Crippen molar-refractivity contribution in [3.8, 4) is 11.5 Å². The lowest BCUT2D eigenvalue weighted by atomic mass is 10.2. The van der Waals surface area contributed by atoms with E-state index in [0.29, 0.717) is 18.3 Å². The van der Waals surface area contributed by atoms with Crippen molar-refractivity contribution in [3.63, 3.8) is 0 Å². The molecule has 0 radical (unpaired) electrons. The third-order valence-corrected chi connectivity index (χ3v) is 3.42. The van der Waals surface area contributed by atoms with E-state index in [4.69, 9.17) is 9.26 Å². The molecule has 1 fully saturated rings. The van der Waals surface area contributed by atoms with E-state index in [1.165, 1.54) is 0 Å². The molecule has 2 aromatic rings. The van der Waals surface area contributed by atoms with E-state index in [2.05, 4.69) is 38.0 Å². The molecule has 0 aliphatic carbocycles. The molecule has 1 saturated heterocycles. The molecular formula is C12H12IN3O2. The maximum absolute atomic E-state index is 5.39. The van der Waals surface area contributed by atoms with Crippen molar-refractivity contribution in [2.24, 2.45) is 0 Å². The molecule has 0 amide bonds. The zero-order valence-corrected chi connectivity index (χ0v) is 11.8. The number of benzene rings is 1. The van der Waals surface area contributed by atoms with Crippen molar-refractivity contribution >= 4 is 22.6 Å². The van der Waals surface area contributed by atoms with Crippen molar-refractivity contribution < 1.29 is 9.26 Å². The predicted molar refractivity (Wildman–Crippen MR) is 74.0 cm³/mol. The molecule has 1 aliphatic heterocycles. The molecule has 18 heavy (non-hydrogen) atoms. The second kappa shape index (κ2) is 5.33. The van der Waals surface area contributed by atoms with Gasteiger partial charge in [0.2, 0.25) is 0 Å². The Bertz CT molecular complexity index is 538. The Labute approximate surface area is 118 Å². The minimum Gasteiger partial charge on any atom is -0.378 e. The molecule has 94 valence electrons. The van der Waals surface area contributed by atoms with Crippen LogP contribution >= 0.6 is 22.6 Å². The van der Waals surface area contributed by atoms with Gasteiger partial charge >= 0.3 is 0 Å². The quantitative estimate of drug-likeness (QED) is 0.834. The summed E-state index contributed by atoms with van der Waals surface area (Å²) in [4.78, 5) is 4.42. The Kier molecular flexibility index (Phi) is 3.57. The highest BCUT2D eigenvalue weighted by molar-refractivity contribution is 14.1. The highest BCUT2D eigenvalue weighted by Crippen LogP contribution is 2.21. The molecule has 1 aromatic heterocycles. The van der Waals surface area contributed by atoms with E-state index in [9.17, 15) is 0 Å². The lowest BCUT2D eigenvalue weighted by molar-refractivity contribution is 0.0734. The van der Waals surface area contributed by atoms with E-state index in [1.807, 2.05) is 24.3 Å². The van der Waals surface area contributed by atoms with Gasteiger partial charge in [0.25, 0.3) is 5.89 Å². The van der Waals surface area contributed by atoms with E-state index in [-0.39, 0.29) is 6.04 Å². The molecular weight excluding hydrogens is 345 g/mol. The maximum Gasteiger partial charge on any atom is 0.258 e. The predicted octanol–water partition coefficient (Wildman–Crippen LogP) is 2.00. The minimum atomic E-state index is 0.0269. The van der Waals surface area contributed by atoms with Crippen LogP contribution in [0.1, 0.15) is 11.9 Å². The van der Waals surface area contributed by atoms with Crippen LogP contribution in [0.2, 0.25) is 0 Å². The van der Waals surface area contributed by atoms with Crippen molar-refractivity contribution in [2.75, 3.05) is 19.8 Å². The SMILES string of the molecule is Ic1cccc(-c2nc(C3COCCN3)no2)c1. The number of hydrogen-bond acceptors (Lipinski definition) is 5. The fourth-order valence-electron chi connectivity index (χ4n) is 1.85. The van der Waals surface area contributed by atoms with Crippen molar-refractivity contribution in [3.05, 3.63) is 33.7 Å². The fraction of sp³-hybridized carbons (Fsp3) is 0.333. The minimum absolute atomic E-state index is 0.0269. The van der Waals surface area contributed by atoms with Gasteiger partial charge in [0.1, 0.15) is 0 Å². The number of aromatic nitrogens is 2.